The summed E-state index contributed by atoms with van der Waals surface area (Å²) in [6, 6.07) is 11.6. The van der Waals surface area contributed by atoms with Crippen LogP contribution in [0.5, 0.6) is 5.75 Å². The highest BCUT2D eigenvalue weighted by Crippen LogP contribution is 2.36. The minimum absolute atomic E-state index is 0.131. The number of ether oxygens (including phenoxy) is 2. The van der Waals surface area contributed by atoms with Gasteiger partial charge in [0.05, 0.1) is 18.8 Å². The Hall–Kier alpha value is -2.94. The number of carbonyl (C=O) groups excluding carboxylic acids is 1. The van der Waals surface area contributed by atoms with Crippen LogP contribution in [0.2, 0.25) is 0 Å². The fraction of sp³-hybridized carbons (Fsp3) is 0.576. The van der Waals surface area contributed by atoms with E-state index in [9.17, 15) is 0 Å². The van der Waals surface area contributed by atoms with E-state index >= 15 is 0 Å². The third-order valence-electron chi connectivity index (χ3n) is 8.22. The molecule has 3 heterocycles. The normalized spacial score (nSPS) is 19.4. The van der Waals surface area contributed by atoms with Gasteiger partial charge in [-0.1, -0.05) is 25.6 Å². The monoisotopic (exact) mass is 565 g/mol. The molecule has 0 spiro atoms. The Balaban J connectivity index is 0.00000108. The molecule has 1 aromatic carbocycles. The van der Waals surface area contributed by atoms with E-state index in [1.807, 2.05) is 13.2 Å². The Morgan fingerprint density at radius 1 is 1.15 bits per heavy atom. The molecule has 8 nitrogen and oxygen atoms in total. The smallest absolute Gasteiger partial charge is 0.142 e. The van der Waals surface area contributed by atoms with Gasteiger partial charge in [0.25, 0.3) is 0 Å². The number of nitrogens with one attached hydrogen (secondary N) is 1. The van der Waals surface area contributed by atoms with Crippen LogP contribution < -0.4 is 15.0 Å². The molecule has 0 amide bonds. The van der Waals surface area contributed by atoms with Crippen molar-refractivity contribution in [2.24, 2.45) is 0 Å². The molecule has 1 N–H and O–H groups in total. The number of likely N-dealkylation sites (tertiary alicyclic amines) is 1. The van der Waals surface area contributed by atoms with Gasteiger partial charge in [-0.05, 0) is 95.5 Å². The van der Waals surface area contributed by atoms with E-state index in [2.05, 4.69) is 89.7 Å². The number of allylic oxidation sites excluding steroid dienone is 1. The van der Waals surface area contributed by atoms with E-state index in [0.29, 0.717) is 18.2 Å². The summed E-state index contributed by atoms with van der Waals surface area (Å²) in [7, 11) is 4.14. The van der Waals surface area contributed by atoms with Crippen molar-refractivity contribution in [3.05, 3.63) is 60.3 Å². The van der Waals surface area contributed by atoms with E-state index in [4.69, 9.17) is 14.3 Å². The highest BCUT2D eigenvalue weighted by molar-refractivity contribution is 5.64. The highest BCUT2D eigenvalue weighted by atomic mass is 16.5. The average molecular weight is 566 g/mol. The van der Waals surface area contributed by atoms with Gasteiger partial charge in [0.1, 0.15) is 24.0 Å². The zero-order chi connectivity index (χ0) is 29.6. The second kappa shape index (κ2) is 17.1. The molecule has 0 saturated carbocycles. The fourth-order valence-electron chi connectivity index (χ4n) is 5.81. The highest BCUT2D eigenvalue weighted by Gasteiger charge is 2.24. The summed E-state index contributed by atoms with van der Waals surface area (Å²) in [5, 5.41) is 3.27. The van der Waals surface area contributed by atoms with Crippen LogP contribution in [0.1, 0.15) is 63.2 Å². The van der Waals surface area contributed by atoms with Crippen molar-refractivity contribution in [2.45, 2.75) is 58.1 Å². The summed E-state index contributed by atoms with van der Waals surface area (Å²) in [6.45, 7) is 17.8. The topological polar surface area (TPSA) is 70.2 Å². The van der Waals surface area contributed by atoms with Crippen LogP contribution in [-0.2, 0) is 9.53 Å². The van der Waals surface area contributed by atoms with Gasteiger partial charge in [-0.15, -0.1) is 0 Å². The second-order valence-corrected chi connectivity index (χ2v) is 11.0. The van der Waals surface area contributed by atoms with E-state index < -0.39 is 0 Å². The molecule has 4 rings (SSSR count). The first-order valence-electron chi connectivity index (χ1n) is 15.2. The first kappa shape index (κ1) is 32.6. The lowest BCUT2D eigenvalue weighted by atomic mass is 9.92. The van der Waals surface area contributed by atoms with Crippen molar-refractivity contribution in [1.29, 1.82) is 0 Å². The van der Waals surface area contributed by atoms with Crippen LogP contribution in [-0.4, -0.2) is 93.7 Å². The molecule has 1 aromatic heterocycles. The number of carbonyl (C=O) groups is 1. The standard InChI is InChI=1S/C30H47N5O2.C3H4O/c1-6-33(5)22-23(2)34-16-7-8-25(14-17-34)26-9-11-27(12-10-26)37-24(3)29-28(13-15-32-30(29)31-4)35-18-20-36-21-19-35;1-2-3-4/h9-13,15,23-25H,6-8,14,16-22H2,1-5H3,(H,31,32);2-3H,1H2. The predicted octanol–water partition coefficient (Wildman–Crippen LogP) is 5.38. The van der Waals surface area contributed by atoms with Crippen LogP contribution in [0.4, 0.5) is 11.5 Å². The van der Waals surface area contributed by atoms with Crippen molar-refractivity contribution >= 4 is 17.8 Å². The number of aromatic nitrogens is 1. The van der Waals surface area contributed by atoms with Gasteiger partial charge in [-0.25, -0.2) is 4.98 Å². The Labute approximate surface area is 247 Å². The number of hydrogen-bond acceptors (Lipinski definition) is 8. The van der Waals surface area contributed by atoms with Gasteiger partial charge >= 0.3 is 0 Å². The van der Waals surface area contributed by atoms with E-state index in [1.165, 1.54) is 49.7 Å². The number of benzene rings is 1. The molecular weight excluding hydrogens is 514 g/mol. The van der Waals surface area contributed by atoms with E-state index in [0.717, 1.165) is 56.5 Å². The number of likely N-dealkylation sites (N-methyl/N-ethyl adjacent to an activating group) is 1. The van der Waals surface area contributed by atoms with E-state index in [1.54, 1.807) is 0 Å². The minimum atomic E-state index is -0.131. The molecule has 0 bridgehead atoms. The predicted molar refractivity (Wildman–Crippen MR) is 169 cm³/mol. The zero-order valence-electron chi connectivity index (χ0n) is 25.8. The van der Waals surface area contributed by atoms with Crippen molar-refractivity contribution in [1.82, 2.24) is 14.8 Å². The van der Waals surface area contributed by atoms with Gasteiger partial charge in [0.2, 0.25) is 0 Å². The van der Waals surface area contributed by atoms with Crippen LogP contribution in [0.25, 0.3) is 0 Å². The molecule has 8 heteroatoms. The Morgan fingerprint density at radius 3 is 2.49 bits per heavy atom. The number of nitrogens with zero attached hydrogens (tertiary/aromatic N) is 4. The fourth-order valence-corrected chi connectivity index (χ4v) is 5.81. The molecular formula is C33H51N5O3. The van der Waals surface area contributed by atoms with Crippen LogP contribution in [0, 0.1) is 0 Å². The summed E-state index contributed by atoms with van der Waals surface area (Å²) >= 11 is 0. The van der Waals surface area contributed by atoms with Gasteiger partial charge in [-0.3, -0.25) is 9.69 Å². The number of anilines is 2. The maximum atomic E-state index is 9.06. The summed E-state index contributed by atoms with van der Waals surface area (Å²) in [6.07, 6.45) is 7.32. The quantitative estimate of drug-likeness (QED) is 0.288. The van der Waals surface area contributed by atoms with Crippen LogP contribution in [0.3, 0.4) is 0 Å². The average Bonchev–Trinajstić information content (AvgIpc) is 3.28. The molecule has 3 atom stereocenters. The molecule has 2 aliphatic heterocycles. The van der Waals surface area contributed by atoms with Crippen molar-refractivity contribution in [2.75, 3.05) is 76.8 Å². The summed E-state index contributed by atoms with van der Waals surface area (Å²) in [4.78, 5) is 21.1. The number of pyridine rings is 1. The summed E-state index contributed by atoms with van der Waals surface area (Å²) in [5.41, 5.74) is 3.71. The maximum Gasteiger partial charge on any atom is 0.142 e. The SMILES string of the molecule is C=CC=O.CCN(C)CC(C)N1CCCC(c2ccc(OC(C)c3c(N4CCOCC4)ccnc3NC)cc2)CC1. The Morgan fingerprint density at radius 2 is 1.85 bits per heavy atom. The number of morpholine rings is 1. The first-order valence-corrected chi connectivity index (χ1v) is 15.2. The molecule has 0 radical (unpaired) electrons. The van der Waals surface area contributed by atoms with Gasteiger partial charge in [-0.2, -0.15) is 0 Å². The largest absolute Gasteiger partial charge is 0.486 e. The molecule has 0 aliphatic carbocycles. The third-order valence-corrected chi connectivity index (χ3v) is 8.22. The van der Waals surface area contributed by atoms with Crippen LogP contribution >= 0.6 is 0 Å². The van der Waals surface area contributed by atoms with Crippen LogP contribution in [0.15, 0.2) is 49.2 Å². The van der Waals surface area contributed by atoms with Crippen molar-refractivity contribution in [3.8, 4) is 5.75 Å². The molecule has 2 saturated heterocycles. The van der Waals surface area contributed by atoms with Crippen molar-refractivity contribution in [3.63, 3.8) is 0 Å². The zero-order valence-corrected chi connectivity index (χ0v) is 25.8. The molecule has 41 heavy (non-hydrogen) atoms. The van der Waals surface area contributed by atoms with Gasteiger partial charge in [0, 0.05) is 44.6 Å². The first-order chi connectivity index (χ1) is 19.9. The lowest BCUT2D eigenvalue weighted by molar-refractivity contribution is -0.104. The molecule has 2 aliphatic rings. The molecule has 2 fully saturated rings. The summed E-state index contributed by atoms with van der Waals surface area (Å²) in [5.74, 6) is 2.40. The molecule has 226 valence electrons. The number of aldehydes is 1. The Bertz CT molecular complexity index is 1050. The van der Waals surface area contributed by atoms with Gasteiger partial charge in [0.15, 0.2) is 0 Å². The Kier molecular flexibility index (Phi) is 13.6. The molecule has 3 unspecified atom stereocenters. The number of rotatable bonds is 11. The lowest BCUT2D eigenvalue weighted by Crippen LogP contribution is -2.41. The second-order valence-electron chi connectivity index (χ2n) is 11.0. The minimum Gasteiger partial charge on any atom is -0.486 e. The summed E-state index contributed by atoms with van der Waals surface area (Å²) < 4.78 is 12.1. The molecule has 2 aromatic rings. The van der Waals surface area contributed by atoms with Gasteiger partial charge < -0.3 is 24.6 Å². The lowest BCUT2D eigenvalue weighted by Gasteiger charge is -2.32. The van der Waals surface area contributed by atoms with Crippen molar-refractivity contribution < 1.29 is 14.3 Å². The maximum absolute atomic E-state index is 9.06. The van der Waals surface area contributed by atoms with E-state index in [-0.39, 0.29) is 6.10 Å². The third kappa shape index (κ3) is 9.55. The number of hydrogen-bond donors (Lipinski definition) is 1.